The van der Waals surface area contributed by atoms with Gasteiger partial charge in [-0.05, 0) is 12.8 Å². The lowest BCUT2D eigenvalue weighted by Gasteiger charge is -2.31. The summed E-state index contributed by atoms with van der Waals surface area (Å²) in [7, 11) is 0. The maximum absolute atomic E-state index is 11.6. The van der Waals surface area contributed by atoms with Crippen LogP contribution >= 0.6 is 12.4 Å². The van der Waals surface area contributed by atoms with Crippen LogP contribution in [0.5, 0.6) is 0 Å². The third-order valence-corrected chi connectivity index (χ3v) is 1.57. The van der Waals surface area contributed by atoms with Crippen LogP contribution in [0.3, 0.4) is 0 Å². The van der Waals surface area contributed by atoms with E-state index in [-0.39, 0.29) is 18.4 Å². The Morgan fingerprint density at radius 2 is 1.78 bits per heavy atom. The van der Waals surface area contributed by atoms with Crippen LogP contribution in [-0.4, -0.2) is 12.5 Å². The maximum Gasteiger partial charge on any atom is 0.241 e. The Bertz CT molecular complexity index is 83.0. The highest BCUT2D eigenvalue weighted by atomic mass is 35.5. The van der Waals surface area contributed by atoms with E-state index in [4.69, 9.17) is 5.73 Å². The topological polar surface area (TPSA) is 26.0 Å². The monoisotopic (exact) mass is 157 g/mol. The molecule has 0 aromatic carbocycles. The fraction of sp³-hybridized carbons (Fsp3) is 1.00. The summed E-state index contributed by atoms with van der Waals surface area (Å²) >= 11 is 0. The molecule has 1 saturated carbocycles. The quantitative estimate of drug-likeness (QED) is 0.612. The number of alkyl halides is 2. The van der Waals surface area contributed by atoms with Crippen molar-refractivity contribution in [2.45, 2.75) is 25.3 Å². The summed E-state index contributed by atoms with van der Waals surface area (Å²) in [4.78, 5) is 0. The molecule has 1 fully saturated rings. The van der Waals surface area contributed by atoms with Crippen molar-refractivity contribution in [3.05, 3.63) is 0 Å². The first-order valence-corrected chi connectivity index (χ1v) is 2.74. The first kappa shape index (κ1) is 9.11. The Labute approximate surface area is 59.0 Å². The summed E-state index contributed by atoms with van der Waals surface area (Å²) in [6.07, 6.45) is -1.12. The average Bonchev–Trinajstić information content (AvgIpc) is 1.57. The van der Waals surface area contributed by atoms with Crippen LogP contribution in [0.25, 0.3) is 0 Å². The van der Waals surface area contributed by atoms with E-state index in [2.05, 4.69) is 0 Å². The van der Waals surface area contributed by atoms with E-state index in [9.17, 15) is 8.78 Å². The Hall–Kier alpha value is 0.110. The predicted octanol–water partition coefficient (Wildman–Crippen LogP) is 1.41. The Morgan fingerprint density at radius 3 is 1.89 bits per heavy atom. The van der Waals surface area contributed by atoms with Gasteiger partial charge < -0.3 is 5.73 Å². The van der Waals surface area contributed by atoms with Crippen molar-refractivity contribution >= 4 is 12.4 Å². The lowest BCUT2D eigenvalue weighted by molar-refractivity contribution is 0.0242. The normalized spacial score (nSPS) is 33.3. The van der Waals surface area contributed by atoms with Crippen molar-refractivity contribution in [2.75, 3.05) is 0 Å². The van der Waals surface area contributed by atoms with Crippen molar-refractivity contribution in [1.29, 1.82) is 0 Å². The molecule has 1 aliphatic rings. The van der Waals surface area contributed by atoms with Crippen LogP contribution in [0.4, 0.5) is 8.78 Å². The van der Waals surface area contributed by atoms with Crippen LogP contribution in [0.1, 0.15) is 12.8 Å². The molecule has 0 radical (unpaired) electrons. The van der Waals surface area contributed by atoms with Gasteiger partial charge in [-0.3, -0.25) is 0 Å². The van der Waals surface area contributed by atoms with Gasteiger partial charge in [0.05, 0.1) is 0 Å². The van der Waals surface area contributed by atoms with Gasteiger partial charge in [0.1, 0.15) is 0 Å². The molecule has 0 aromatic rings. The zero-order valence-corrected chi connectivity index (χ0v) is 5.70. The second-order valence-corrected chi connectivity index (χ2v) is 2.33. The molecule has 0 saturated heterocycles. The second kappa shape index (κ2) is 3.32. The zero-order valence-electron chi connectivity index (χ0n) is 4.89. The van der Waals surface area contributed by atoms with Crippen molar-refractivity contribution in [1.82, 2.24) is 0 Å². The molecule has 0 bridgehead atoms. The molecule has 56 valence electrons. The second-order valence-electron chi connectivity index (χ2n) is 2.33. The van der Waals surface area contributed by atoms with E-state index < -0.39 is 12.3 Å². The number of halogens is 3. The SMILES string of the molecule is Cl.NC1CC(C(F)F)C1. The van der Waals surface area contributed by atoms with E-state index in [0.717, 1.165) is 0 Å². The lowest BCUT2D eigenvalue weighted by Crippen LogP contribution is -2.39. The molecule has 0 spiro atoms. The predicted molar refractivity (Wildman–Crippen MR) is 34.0 cm³/mol. The Balaban J connectivity index is 0.000000640. The van der Waals surface area contributed by atoms with Gasteiger partial charge in [-0.1, -0.05) is 0 Å². The van der Waals surface area contributed by atoms with E-state index in [0.29, 0.717) is 12.8 Å². The number of hydrogen-bond donors (Lipinski definition) is 1. The fourth-order valence-corrected chi connectivity index (χ4v) is 0.914. The number of hydrogen-bond acceptors (Lipinski definition) is 1. The molecule has 0 aromatic heterocycles. The van der Waals surface area contributed by atoms with Crippen molar-refractivity contribution in [3.63, 3.8) is 0 Å². The highest BCUT2D eigenvalue weighted by Gasteiger charge is 2.32. The fourth-order valence-electron chi connectivity index (χ4n) is 0.914. The molecule has 0 unspecified atom stereocenters. The van der Waals surface area contributed by atoms with Gasteiger partial charge in [0.25, 0.3) is 0 Å². The summed E-state index contributed by atoms with van der Waals surface area (Å²) in [5.41, 5.74) is 5.27. The van der Waals surface area contributed by atoms with Crippen LogP contribution in [0.15, 0.2) is 0 Å². The molecule has 4 heteroatoms. The van der Waals surface area contributed by atoms with Gasteiger partial charge in [-0.15, -0.1) is 12.4 Å². The summed E-state index contributed by atoms with van der Waals surface area (Å²) in [5.74, 6) is -0.398. The Morgan fingerprint density at radius 1 is 1.33 bits per heavy atom. The zero-order chi connectivity index (χ0) is 6.15. The third kappa shape index (κ3) is 2.06. The summed E-state index contributed by atoms with van der Waals surface area (Å²) < 4.78 is 23.2. The molecule has 0 aliphatic heterocycles. The smallest absolute Gasteiger partial charge is 0.241 e. The van der Waals surface area contributed by atoms with Gasteiger partial charge in [0.15, 0.2) is 0 Å². The number of rotatable bonds is 1. The Kier molecular flexibility index (Phi) is 3.36. The van der Waals surface area contributed by atoms with Crippen LogP contribution in [0, 0.1) is 5.92 Å². The molecular formula is C5H10ClF2N. The van der Waals surface area contributed by atoms with Crippen LogP contribution < -0.4 is 5.73 Å². The van der Waals surface area contributed by atoms with Crippen LogP contribution in [0.2, 0.25) is 0 Å². The van der Waals surface area contributed by atoms with E-state index >= 15 is 0 Å². The van der Waals surface area contributed by atoms with E-state index in [1.807, 2.05) is 0 Å². The molecule has 0 amide bonds. The average molecular weight is 158 g/mol. The van der Waals surface area contributed by atoms with Gasteiger partial charge in [0, 0.05) is 12.0 Å². The number of nitrogens with two attached hydrogens (primary N) is 1. The van der Waals surface area contributed by atoms with Gasteiger partial charge >= 0.3 is 0 Å². The first-order chi connectivity index (χ1) is 3.70. The summed E-state index contributed by atoms with van der Waals surface area (Å²) in [6, 6.07) is 0.0500. The van der Waals surface area contributed by atoms with Crippen molar-refractivity contribution in [3.8, 4) is 0 Å². The lowest BCUT2D eigenvalue weighted by atomic mass is 9.81. The molecule has 0 atom stereocenters. The van der Waals surface area contributed by atoms with Gasteiger partial charge in [-0.25, -0.2) is 8.78 Å². The minimum Gasteiger partial charge on any atom is -0.328 e. The van der Waals surface area contributed by atoms with E-state index in [1.165, 1.54) is 0 Å². The third-order valence-electron chi connectivity index (χ3n) is 1.57. The molecule has 1 aliphatic carbocycles. The molecule has 9 heavy (non-hydrogen) atoms. The largest absolute Gasteiger partial charge is 0.328 e. The molecule has 1 nitrogen and oxygen atoms in total. The van der Waals surface area contributed by atoms with Crippen molar-refractivity contribution < 1.29 is 8.78 Å². The molecule has 0 heterocycles. The van der Waals surface area contributed by atoms with Crippen molar-refractivity contribution in [2.24, 2.45) is 11.7 Å². The molecule has 2 N–H and O–H groups in total. The van der Waals surface area contributed by atoms with E-state index in [1.54, 1.807) is 0 Å². The molecule has 1 rings (SSSR count). The van der Waals surface area contributed by atoms with Crippen LogP contribution in [-0.2, 0) is 0 Å². The minimum absolute atomic E-state index is 0. The standard InChI is InChI=1S/C5H9F2N.ClH/c6-5(7)3-1-4(8)2-3;/h3-5H,1-2,8H2;1H. The minimum atomic E-state index is -2.14. The van der Waals surface area contributed by atoms with Gasteiger partial charge in [-0.2, -0.15) is 0 Å². The highest BCUT2D eigenvalue weighted by molar-refractivity contribution is 5.85. The summed E-state index contributed by atoms with van der Waals surface area (Å²) in [5, 5.41) is 0. The molecular weight excluding hydrogens is 148 g/mol. The van der Waals surface area contributed by atoms with Gasteiger partial charge in [0.2, 0.25) is 6.43 Å². The highest BCUT2D eigenvalue weighted by Crippen LogP contribution is 2.30. The first-order valence-electron chi connectivity index (χ1n) is 2.74. The summed E-state index contributed by atoms with van der Waals surface area (Å²) in [6.45, 7) is 0. The maximum atomic E-state index is 11.6.